The average molecular weight is 269 g/mol. The number of hydrogen-bond acceptors (Lipinski definition) is 2. The fraction of sp³-hybridized carbons (Fsp3) is 0.273. The summed E-state index contributed by atoms with van der Waals surface area (Å²) in [4.78, 5) is 15.7. The van der Waals surface area contributed by atoms with E-state index in [4.69, 9.17) is 0 Å². The topological polar surface area (TPSA) is 42.0 Å². The van der Waals surface area contributed by atoms with Crippen LogP contribution in [0.5, 0.6) is 0 Å². The van der Waals surface area contributed by atoms with Gasteiger partial charge in [0.1, 0.15) is 5.82 Å². The number of nitrogens with one attached hydrogen (secondary N) is 1. The van der Waals surface area contributed by atoms with Gasteiger partial charge in [0.15, 0.2) is 0 Å². The van der Waals surface area contributed by atoms with Crippen LogP contribution in [0.25, 0.3) is 0 Å². The van der Waals surface area contributed by atoms with Crippen LogP contribution in [0.15, 0.2) is 34.5 Å². The van der Waals surface area contributed by atoms with E-state index in [2.05, 4.69) is 26.2 Å². The Hall–Kier alpha value is -1.16. The van der Waals surface area contributed by atoms with E-state index in [0.29, 0.717) is 11.4 Å². The van der Waals surface area contributed by atoms with Gasteiger partial charge in [-0.1, -0.05) is 13.0 Å². The number of allylic oxidation sites excluding steroid dienone is 1. The largest absolute Gasteiger partial charge is 0.306 e. The molecule has 1 rings (SSSR count). The number of aromatic nitrogens is 1. The zero-order valence-electron chi connectivity index (χ0n) is 8.75. The lowest BCUT2D eigenvalue weighted by atomic mass is 10.2. The molecule has 0 fully saturated rings. The van der Waals surface area contributed by atoms with E-state index < -0.39 is 0 Å². The predicted octanol–water partition coefficient (Wildman–Crippen LogP) is 3.14. The van der Waals surface area contributed by atoms with Gasteiger partial charge < -0.3 is 5.32 Å². The highest BCUT2D eigenvalue weighted by atomic mass is 79.9. The van der Waals surface area contributed by atoms with Gasteiger partial charge in [-0.2, -0.15) is 0 Å². The van der Waals surface area contributed by atoms with Crippen LogP contribution >= 0.6 is 15.9 Å². The summed E-state index contributed by atoms with van der Waals surface area (Å²) in [5.74, 6) is 0.433. The number of carbonyl (C=O) groups excluding carboxylic acids is 1. The van der Waals surface area contributed by atoms with Gasteiger partial charge >= 0.3 is 0 Å². The fourth-order valence-corrected chi connectivity index (χ4v) is 1.44. The van der Waals surface area contributed by atoms with Gasteiger partial charge in [-0.3, -0.25) is 4.79 Å². The van der Waals surface area contributed by atoms with E-state index in [1.807, 2.05) is 19.1 Å². The zero-order chi connectivity index (χ0) is 11.3. The van der Waals surface area contributed by atoms with Gasteiger partial charge in [0, 0.05) is 11.8 Å². The van der Waals surface area contributed by atoms with Crippen LogP contribution in [0.3, 0.4) is 0 Å². The van der Waals surface area contributed by atoms with Crippen molar-refractivity contribution in [3.05, 3.63) is 34.5 Å². The summed E-state index contributed by atoms with van der Waals surface area (Å²) in [6, 6.07) is 3.63. The standard InChI is InChI=1S/C11H13BrN2O/c1-3-5-8(2)11(15)14-10-9(12)6-4-7-13-10/h4-7H,3H2,1-2H3,(H,13,14,15). The van der Waals surface area contributed by atoms with Crippen LogP contribution < -0.4 is 5.32 Å². The van der Waals surface area contributed by atoms with E-state index in [9.17, 15) is 4.79 Å². The van der Waals surface area contributed by atoms with Gasteiger partial charge in [0.05, 0.1) is 4.47 Å². The molecule has 4 heteroatoms. The summed E-state index contributed by atoms with van der Waals surface area (Å²) in [6.07, 6.45) is 4.37. The summed E-state index contributed by atoms with van der Waals surface area (Å²) in [7, 11) is 0. The van der Waals surface area contributed by atoms with Crippen molar-refractivity contribution >= 4 is 27.7 Å². The Labute approximate surface area is 97.7 Å². The third-order valence-electron chi connectivity index (χ3n) is 1.86. The van der Waals surface area contributed by atoms with Gasteiger partial charge in [0.2, 0.25) is 0 Å². The second-order valence-corrected chi connectivity index (χ2v) is 3.94. The second kappa shape index (κ2) is 5.66. The number of anilines is 1. The Morgan fingerprint density at radius 3 is 3.00 bits per heavy atom. The van der Waals surface area contributed by atoms with Gasteiger partial charge in [-0.25, -0.2) is 4.98 Å². The number of carbonyl (C=O) groups is 1. The van der Waals surface area contributed by atoms with E-state index in [0.717, 1.165) is 10.9 Å². The zero-order valence-corrected chi connectivity index (χ0v) is 10.3. The molecule has 0 radical (unpaired) electrons. The lowest BCUT2D eigenvalue weighted by Gasteiger charge is -2.05. The minimum Gasteiger partial charge on any atom is -0.306 e. The summed E-state index contributed by atoms with van der Waals surface area (Å²) < 4.78 is 0.780. The normalized spacial score (nSPS) is 11.3. The number of amides is 1. The Bertz CT molecular complexity index is 388. The number of pyridine rings is 1. The molecule has 1 amide bonds. The number of nitrogens with zero attached hydrogens (tertiary/aromatic N) is 1. The van der Waals surface area contributed by atoms with Crippen LogP contribution in [0.2, 0.25) is 0 Å². The van der Waals surface area contributed by atoms with E-state index >= 15 is 0 Å². The van der Waals surface area contributed by atoms with E-state index in [-0.39, 0.29) is 5.91 Å². The molecule has 0 spiro atoms. The molecule has 0 aromatic carbocycles. The van der Waals surface area contributed by atoms with E-state index in [1.165, 1.54) is 0 Å². The fourth-order valence-electron chi connectivity index (χ4n) is 1.08. The molecule has 0 atom stereocenters. The molecule has 0 aliphatic heterocycles. The first-order chi connectivity index (χ1) is 7.15. The maximum atomic E-state index is 11.6. The first kappa shape index (κ1) is 11.9. The summed E-state index contributed by atoms with van der Waals surface area (Å²) in [5, 5.41) is 2.73. The maximum absolute atomic E-state index is 11.6. The van der Waals surface area contributed by atoms with Crippen molar-refractivity contribution < 1.29 is 4.79 Å². The molecular formula is C11H13BrN2O. The Balaban J connectivity index is 2.75. The summed E-state index contributed by atoms with van der Waals surface area (Å²) >= 11 is 3.32. The minimum atomic E-state index is -0.115. The highest BCUT2D eigenvalue weighted by molar-refractivity contribution is 9.10. The van der Waals surface area contributed by atoms with Crippen LogP contribution in [0.4, 0.5) is 5.82 Å². The highest BCUT2D eigenvalue weighted by Gasteiger charge is 2.06. The molecule has 0 aliphatic carbocycles. The van der Waals surface area contributed by atoms with Crippen molar-refractivity contribution in [2.75, 3.05) is 5.32 Å². The van der Waals surface area contributed by atoms with Crippen LogP contribution in [0, 0.1) is 0 Å². The Morgan fingerprint density at radius 1 is 1.67 bits per heavy atom. The van der Waals surface area contributed by atoms with Crippen molar-refractivity contribution in [2.45, 2.75) is 20.3 Å². The monoisotopic (exact) mass is 268 g/mol. The second-order valence-electron chi connectivity index (χ2n) is 3.08. The molecule has 1 aromatic heterocycles. The number of halogens is 1. The quantitative estimate of drug-likeness (QED) is 0.856. The van der Waals surface area contributed by atoms with E-state index in [1.54, 1.807) is 19.2 Å². The first-order valence-corrected chi connectivity index (χ1v) is 5.53. The van der Waals surface area contributed by atoms with Gasteiger partial charge in [-0.15, -0.1) is 0 Å². The SMILES string of the molecule is CCC=C(C)C(=O)Nc1ncccc1Br. The number of rotatable bonds is 3. The molecule has 1 heterocycles. The van der Waals surface area contributed by atoms with Gasteiger partial charge in [0.25, 0.3) is 5.91 Å². The molecule has 0 unspecified atom stereocenters. The lowest BCUT2D eigenvalue weighted by molar-refractivity contribution is -0.112. The molecule has 1 N–H and O–H groups in total. The summed E-state index contributed by atoms with van der Waals surface area (Å²) in [6.45, 7) is 3.78. The molecule has 3 nitrogen and oxygen atoms in total. The van der Waals surface area contributed by atoms with Gasteiger partial charge in [-0.05, 0) is 41.4 Å². The van der Waals surface area contributed by atoms with Crippen molar-refractivity contribution in [1.82, 2.24) is 4.98 Å². The third kappa shape index (κ3) is 3.47. The van der Waals surface area contributed by atoms with Crippen LogP contribution in [0.1, 0.15) is 20.3 Å². The molecule has 0 saturated heterocycles. The highest BCUT2D eigenvalue weighted by Crippen LogP contribution is 2.18. The molecule has 1 aromatic rings. The van der Waals surface area contributed by atoms with Crippen LogP contribution in [-0.4, -0.2) is 10.9 Å². The lowest BCUT2D eigenvalue weighted by Crippen LogP contribution is -2.13. The average Bonchev–Trinajstić information content (AvgIpc) is 2.21. The molecule has 0 aliphatic rings. The summed E-state index contributed by atoms with van der Waals surface area (Å²) in [5.41, 5.74) is 0.704. The number of hydrogen-bond donors (Lipinski definition) is 1. The predicted molar refractivity (Wildman–Crippen MR) is 64.6 cm³/mol. The van der Waals surface area contributed by atoms with Crippen molar-refractivity contribution in [3.63, 3.8) is 0 Å². The van der Waals surface area contributed by atoms with Crippen molar-refractivity contribution in [1.29, 1.82) is 0 Å². The molecular weight excluding hydrogens is 256 g/mol. The molecule has 0 bridgehead atoms. The Morgan fingerprint density at radius 2 is 2.40 bits per heavy atom. The maximum Gasteiger partial charge on any atom is 0.252 e. The minimum absolute atomic E-state index is 0.115. The molecule has 80 valence electrons. The van der Waals surface area contributed by atoms with Crippen molar-refractivity contribution in [2.24, 2.45) is 0 Å². The van der Waals surface area contributed by atoms with Crippen LogP contribution in [-0.2, 0) is 4.79 Å². The molecule has 15 heavy (non-hydrogen) atoms. The van der Waals surface area contributed by atoms with Crippen molar-refractivity contribution in [3.8, 4) is 0 Å². The Kier molecular flexibility index (Phi) is 4.49. The third-order valence-corrected chi connectivity index (χ3v) is 2.50. The molecule has 0 saturated carbocycles. The first-order valence-electron chi connectivity index (χ1n) is 4.73. The smallest absolute Gasteiger partial charge is 0.252 e.